The summed E-state index contributed by atoms with van der Waals surface area (Å²) in [6, 6.07) is 8.12. The molecule has 2 rings (SSSR count). The van der Waals surface area contributed by atoms with Gasteiger partial charge in [0.15, 0.2) is 5.96 Å². The van der Waals surface area contributed by atoms with E-state index in [1.165, 1.54) is 0 Å². The van der Waals surface area contributed by atoms with Crippen molar-refractivity contribution < 1.29 is 9.53 Å². The Bertz CT molecular complexity index is 658. The Morgan fingerprint density at radius 1 is 1.21 bits per heavy atom. The van der Waals surface area contributed by atoms with Gasteiger partial charge in [-0.1, -0.05) is 12.1 Å². The van der Waals surface area contributed by atoms with Gasteiger partial charge in [0.1, 0.15) is 5.75 Å². The van der Waals surface area contributed by atoms with E-state index >= 15 is 0 Å². The molecule has 1 heterocycles. The fourth-order valence-electron chi connectivity index (χ4n) is 3.16. The van der Waals surface area contributed by atoms with Crippen molar-refractivity contribution in [2.75, 3.05) is 58.3 Å². The maximum atomic E-state index is 12.0. The minimum absolute atomic E-state index is 0. The van der Waals surface area contributed by atoms with Gasteiger partial charge in [0.2, 0.25) is 5.91 Å². The molecule has 0 aliphatic carbocycles. The average molecular weight is 503 g/mol. The maximum Gasteiger partial charge on any atom is 0.227 e. The number of amides is 1. The van der Waals surface area contributed by atoms with Crippen molar-refractivity contribution in [1.29, 1.82) is 0 Å². The molecule has 28 heavy (non-hydrogen) atoms. The van der Waals surface area contributed by atoms with Gasteiger partial charge in [0, 0.05) is 39.8 Å². The molecule has 1 aromatic rings. The summed E-state index contributed by atoms with van der Waals surface area (Å²) in [5.41, 5.74) is 0.594. The number of hydrogen-bond donors (Lipinski definition) is 2. The first-order valence-corrected chi connectivity index (χ1v) is 9.56. The summed E-state index contributed by atoms with van der Waals surface area (Å²) in [7, 11) is 3.37. The van der Waals surface area contributed by atoms with Crippen LogP contribution in [0.15, 0.2) is 29.3 Å². The molecule has 158 valence electrons. The van der Waals surface area contributed by atoms with Crippen molar-refractivity contribution in [2.45, 2.75) is 20.8 Å². The Balaban J connectivity index is 0.00000392. The lowest BCUT2D eigenvalue weighted by molar-refractivity contribution is -0.128. The van der Waals surface area contributed by atoms with Crippen LogP contribution in [0, 0.1) is 5.41 Å². The number of ether oxygens (including phenoxy) is 1. The number of aliphatic imine (C=N–C) groups is 1. The SMILES string of the molecule is CCNC(=NCC(C)(C)C(=O)NC)N1CCN(c2ccccc2OC)CC1.I. The van der Waals surface area contributed by atoms with E-state index in [4.69, 9.17) is 9.73 Å². The number of methoxy groups -OCH3 is 1. The van der Waals surface area contributed by atoms with E-state index < -0.39 is 5.41 Å². The van der Waals surface area contributed by atoms with E-state index in [1.54, 1.807) is 14.2 Å². The summed E-state index contributed by atoms with van der Waals surface area (Å²) in [4.78, 5) is 21.3. The Kier molecular flexibility index (Phi) is 9.84. The zero-order chi connectivity index (χ0) is 19.9. The third-order valence-corrected chi connectivity index (χ3v) is 4.81. The number of nitrogens with zero attached hydrogens (tertiary/aromatic N) is 3. The van der Waals surface area contributed by atoms with E-state index in [9.17, 15) is 4.79 Å². The van der Waals surface area contributed by atoms with E-state index in [0.717, 1.165) is 50.1 Å². The smallest absolute Gasteiger partial charge is 0.227 e. The van der Waals surface area contributed by atoms with Crippen LogP contribution in [0.2, 0.25) is 0 Å². The molecule has 0 unspecified atom stereocenters. The molecule has 0 radical (unpaired) electrons. The van der Waals surface area contributed by atoms with Crippen LogP contribution in [-0.2, 0) is 4.79 Å². The van der Waals surface area contributed by atoms with E-state index in [2.05, 4.69) is 33.4 Å². The zero-order valence-electron chi connectivity index (χ0n) is 17.6. The van der Waals surface area contributed by atoms with Gasteiger partial charge in [-0.05, 0) is 32.9 Å². The third kappa shape index (κ3) is 6.15. The maximum absolute atomic E-state index is 12.0. The van der Waals surface area contributed by atoms with Crippen LogP contribution in [0.1, 0.15) is 20.8 Å². The second-order valence-electron chi connectivity index (χ2n) is 7.28. The Hall–Kier alpha value is -1.71. The first kappa shape index (κ1) is 24.3. The summed E-state index contributed by atoms with van der Waals surface area (Å²) >= 11 is 0. The summed E-state index contributed by atoms with van der Waals surface area (Å²) in [6.45, 7) is 10.6. The van der Waals surface area contributed by atoms with Crippen LogP contribution in [0.4, 0.5) is 5.69 Å². The number of para-hydroxylation sites is 2. The Labute approximate surface area is 185 Å². The highest BCUT2D eigenvalue weighted by Gasteiger charge is 2.27. The van der Waals surface area contributed by atoms with E-state index in [0.29, 0.717) is 6.54 Å². The number of hydrogen-bond acceptors (Lipinski definition) is 4. The molecule has 2 N–H and O–H groups in total. The lowest BCUT2D eigenvalue weighted by atomic mass is 9.93. The molecule has 0 saturated carbocycles. The van der Waals surface area contributed by atoms with Gasteiger partial charge >= 0.3 is 0 Å². The van der Waals surface area contributed by atoms with Gasteiger partial charge in [-0.15, -0.1) is 24.0 Å². The molecular formula is C20H34IN5O2. The van der Waals surface area contributed by atoms with Crippen molar-refractivity contribution >= 4 is 41.5 Å². The van der Waals surface area contributed by atoms with Crippen LogP contribution in [-0.4, -0.2) is 70.2 Å². The van der Waals surface area contributed by atoms with Crippen LogP contribution in [0.5, 0.6) is 5.75 Å². The standard InChI is InChI=1S/C20H33N5O2.HI/c1-6-22-19(23-15-20(2,3)18(26)21-4)25-13-11-24(12-14-25)16-9-7-8-10-17(16)27-5;/h7-10H,6,11-15H2,1-5H3,(H,21,26)(H,22,23);1H. The van der Waals surface area contributed by atoms with Crippen LogP contribution < -0.4 is 20.3 Å². The van der Waals surface area contributed by atoms with Crippen molar-refractivity contribution in [3.63, 3.8) is 0 Å². The minimum atomic E-state index is -0.533. The third-order valence-electron chi connectivity index (χ3n) is 4.81. The van der Waals surface area contributed by atoms with Crippen molar-refractivity contribution in [3.05, 3.63) is 24.3 Å². The van der Waals surface area contributed by atoms with Gasteiger partial charge in [0.25, 0.3) is 0 Å². The summed E-state index contributed by atoms with van der Waals surface area (Å²) in [5.74, 6) is 1.77. The van der Waals surface area contributed by atoms with Crippen molar-refractivity contribution in [2.24, 2.45) is 10.4 Å². The number of carbonyl (C=O) groups excluding carboxylic acids is 1. The normalized spacial score (nSPS) is 15.0. The summed E-state index contributed by atoms with van der Waals surface area (Å²) < 4.78 is 5.49. The predicted molar refractivity (Wildman–Crippen MR) is 126 cm³/mol. The minimum Gasteiger partial charge on any atom is -0.495 e. The van der Waals surface area contributed by atoms with Gasteiger partial charge < -0.3 is 25.2 Å². The monoisotopic (exact) mass is 503 g/mol. The lowest BCUT2D eigenvalue weighted by Crippen LogP contribution is -2.53. The predicted octanol–water partition coefficient (Wildman–Crippen LogP) is 2.17. The Morgan fingerprint density at radius 3 is 2.43 bits per heavy atom. The molecule has 0 bridgehead atoms. The highest BCUT2D eigenvalue weighted by Crippen LogP contribution is 2.28. The fourth-order valence-corrected chi connectivity index (χ4v) is 3.16. The molecule has 8 heteroatoms. The molecule has 0 spiro atoms. The number of guanidine groups is 1. The number of carbonyl (C=O) groups is 1. The highest BCUT2D eigenvalue weighted by atomic mass is 127. The quantitative estimate of drug-likeness (QED) is 0.354. The first-order valence-electron chi connectivity index (χ1n) is 9.56. The van der Waals surface area contributed by atoms with Crippen molar-refractivity contribution in [3.8, 4) is 5.75 Å². The lowest BCUT2D eigenvalue weighted by Gasteiger charge is -2.38. The van der Waals surface area contributed by atoms with Gasteiger partial charge in [-0.25, -0.2) is 0 Å². The summed E-state index contributed by atoms with van der Waals surface area (Å²) in [6.07, 6.45) is 0. The number of halogens is 1. The van der Waals surface area contributed by atoms with Gasteiger partial charge in [0.05, 0.1) is 24.8 Å². The number of piperazine rings is 1. The van der Waals surface area contributed by atoms with Gasteiger partial charge in [-0.3, -0.25) is 9.79 Å². The molecule has 1 saturated heterocycles. The second kappa shape index (κ2) is 11.3. The molecule has 0 atom stereocenters. The topological polar surface area (TPSA) is 69.2 Å². The molecule has 1 fully saturated rings. The second-order valence-corrected chi connectivity index (χ2v) is 7.28. The summed E-state index contributed by atoms with van der Waals surface area (Å²) in [5, 5.41) is 6.07. The number of benzene rings is 1. The van der Waals surface area contributed by atoms with Crippen LogP contribution >= 0.6 is 24.0 Å². The molecule has 1 aliphatic rings. The van der Waals surface area contributed by atoms with Crippen molar-refractivity contribution in [1.82, 2.24) is 15.5 Å². The zero-order valence-corrected chi connectivity index (χ0v) is 19.9. The molecule has 1 aliphatic heterocycles. The molecule has 1 amide bonds. The number of rotatable bonds is 6. The average Bonchev–Trinajstić information content (AvgIpc) is 2.70. The highest BCUT2D eigenvalue weighted by molar-refractivity contribution is 14.0. The molecule has 0 aromatic heterocycles. The van der Waals surface area contributed by atoms with E-state index in [1.807, 2.05) is 32.0 Å². The number of anilines is 1. The number of nitrogens with one attached hydrogen (secondary N) is 2. The molecule has 7 nitrogen and oxygen atoms in total. The molecule has 1 aromatic carbocycles. The fraction of sp³-hybridized carbons (Fsp3) is 0.600. The molecular weight excluding hydrogens is 469 g/mol. The van der Waals surface area contributed by atoms with Crippen LogP contribution in [0.25, 0.3) is 0 Å². The Morgan fingerprint density at radius 2 is 1.86 bits per heavy atom. The van der Waals surface area contributed by atoms with E-state index in [-0.39, 0.29) is 29.9 Å². The van der Waals surface area contributed by atoms with Gasteiger partial charge in [-0.2, -0.15) is 0 Å². The largest absolute Gasteiger partial charge is 0.495 e. The van der Waals surface area contributed by atoms with Crippen LogP contribution in [0.3, 0.4) is 0 Å². The first-order chi connectivity index (χ1) is 12.9.